The largest absolute Gasteiger partial charge is 0.480 e. The van der Waals surface area contributed by atoms with E-state index in [9.17, 15) is 9.59 Å². The van der Waals surface area contributed by atoms with Gasteiger partial charge in [-0.05, 0) is 12.1 Å². The summed E-state index contributed by atoms with van der Waals surface area (Å²) in [7, 11) is 1.28. The maximum absolute atomic E-state index is 11.2. The SMILES string of the molecule is COC(=O)c1cc(NCCOCC(=O)O)ccn1. The van der Waals surface area contributed by atoms with Crippen molar-refractivity contribution in [2.75, 3.05) is 32.2 Å². The van der Waals surface area contributed by atoms with E-state index in [0.717, 1.165) is 0 Å². The van der Waals surface area contributed by atoms with Crippen LogP contribution in [-0.4, -0.2) is 48.9 Å². The van der Waals surface area contributed by atoms with Crippen LogP contribution in [0.15, 0.2) is 18.3 Å². The van der Waals surface area contributed by atoms with Crippen molar-refractivity contribution in [3.8, 4) is 0 Å². The lowest BCUT2D eigenvalue weighted by atomic mass is 10.3. The van der Waals surface area contributed by atoms with E-state index in [-0.39, 0.29) is 18.9 Å². The maximum Gasteiger partial charge on any atom is 0.356 e. The summed E-state index contributed by atoms with van der Waals surface area (Å²) in [6.07, 6.45) is 1.48. The minimum atomic E-state index is -1.01. The number of carboxylic acids is 1. The van der Waals surface area contributed by atoms with Crippen molar-refractivity contribution in [3.05, 3.63) is 24.0 Å². The van der Waals surface area contributed by atoms with Gasteiger partial charge in [-0.3, -0.25) is 0 Å². The van der Waals surface area contributed by atoms with Crippen molar-refractivity contribution in [3.63, 3.8) is 0 Å². The van der Waals surface area contributed by atoms with Crippen molar-refractivity contribution in [1.82, 2.24) is 4.98 Å². The van der Waals surface area contributed by atoms with E-state index in [1.807, 2.05) is 0 Å². The Hall–Kier alpha value is -2.15. The summed E-state index contributed by atoms with van der Waals surface area (Å²) in [5.41, 5.74) is 0.887. The van der Waals surface area contributed by atoms with Crippen LogP contribution in [0.5, 0.6) is 0 Å². The van der Waals surface area contributed by atoms with Crippen LogP contribution in [0.3, 0.4) is 0 Å². The lowest BCUT2D eigenvalue weighted by molar-refractivity contribution is -0.142. The smallest absolute Gasteiger partial charge is 0.356 e. The number of carbonyl (C=O) groups excluding carboxylic acids is 1. The molecule has 7 heteroatoms. The second kappa shape index (κ2) is 7.23. The Bertz CT molecular complexity index is 422. The highest BCUT2D eigenvalue weighted by molar-refractivity contribution is 5.88. The molecule has 1 heterocycles. The van der Waals surface area contributed by atoms with E-state index >= 15 is 0 Å². The molecule has 0 unspecified atom stereocenters. The summed E-state index contributed by atoms with van der Waals surface area (Å²) in [4.78, 5) is 25.2. The molecular weight excluding hydrogens is 240 g/mol. The molecule has 18 heavy (non-hydrogen) atoms. The monoisotopic (exact) mass is 254 g/mol. The maximum atomic E-state index is 11.2. The minimum absolute atomic E-state index is 0.203. The van der Waals surface area contributed by atoms with Gasteiger partial charge >= 0.3 is 11.9 Å². The van der Waals surface area contributed by atoms with Crippen LogP contribution < -0.4 is 5.32 Å². The van der Waals surface area contributed by atoms with E-state index in [1.165, 1.54) is 13.3 Å². The van der Waals surface area contributed by atoms with Crippen LogP contribution in [0.25, 0.3) is 0 Å². The van der Waals surface area contributed by atoms with Gasteiger partial charge in [0, 0.05) is 18.4 Å². The van der Waals surface area contributed by atoms with Gasteiger partial charge in [0.1, 0.15) is 12.3 Å². The Kier molecular flexibility index (Phi) is 5.59. The molecule has 7 nitrogen and oxygen atoms in total. The van der Waals surface area contributed by atoms with Crippen LogP contribution >= 0.6 is 0 Å². The van der Waals surface area contributed by atoms with E-state index in [0.29, 0.717) is 12.2 Å². The first-order valence-corrected chi connectivity index (χ1v) is 5.21. The first-order chi connectivity index (χ1) is 8.63. The molecule has 0 radical (unpaired) electrons. The second-order valence-electron chi connectivity index (χ2n) is 3.29. The normalized spacial score (nSPS) is 9.83. The van der Waals surface area contributed by atoms with Crippen LogP contribution in [0.1, 0.15) is 10.5 Å². The number of aromatic nitrogens is 1. The summed E-state index contributed by atoms with van der Waals surface area (Å²) < 4.78 is 9.39. The molecule has 0 aliphatic carbocycles. The molecule has 0 aromatic carbocycles. The second-order valence-corrected chi connectivity index (χ2v) is 3.29. The molecule has 0 spiro atoms. The number of hydrogen-bond donors (Lipinski definition) is 2. The van der Waals surface area contributed by atoms with Crippen molar-refractivity contribution >= 4 is 17.6 Å². The van der Waals surface area contributed by atoms with E-state index in [2.05, 4.69) is 15.0 Å². The van der Waals surface area contributed by atoms with Crippen LogP contribution in [0.2, 0.25) is 0 Å². The number of methoxy groups -OCH3 is 1. The molecule has 2 N–H and O–H groups in total. The third kappa shape index (κ3) is 4.79. The lowest BCUT2D eigenvalue weighted by Gasteiger charge is -2.07. The molecule has 0 fully saturated rings. The van der Waals surface area contributed by atoms with Crippen molar-refractivity contribution in [2.45, 2.75) is 0 Å². The van der Waals surface area contributed by atoms with Gasteiger partial charge in [0.15, 0.2) is 0 Å². The summed E-state index contributed by atoms with van der Waals surface area (Å²) in [6.45, 7) is 0.353. The number of hydrogen-bond acceptors (Lipinski definition) is 6. The Balaban J connectivity index is 2.38. The molecule has 98 valence electrons. The summed E-state index contributed by atoms with van der Waals surface area (Å²) >= 11 is 0. The summed E-state index contributed by atoms with van der Waals surface area (Å²) in [5, 5.41) is 11.3. The highest BCUT2D eigenvalue weighted by Crippen LogP contribution is 2.08. The van der Waals surface area contributed by atoms with Crippen LogP contribution in [-0.2, 0) is 14.3 Å². The Morgan fingerprint density at radius 3 is 2.94 bits per heavy atom. The average molecular weight is 254 g/mol. The van der Waals surface area contributed by atoms with Crippen LogP contribution in [0.4, 0.5) is 5.69 Å². The fraction of sp³-hybridized carbons (Fsp3) is 0.364. The predicted octanol–water partition coefficient (Wildman–Crippen LogP) is 0.381. The fourth-order valence-electron chi connectivity index (χ4n) is 1.18. The van der Waals surface area contributed by atoms with Crippen molar-refractivity contribution in [2.24, 2.45) is 0 Å². The van der Waals surface area contributed by atoms with Gasteiger partial charge in [0.05, 0.1) is 13.7 Å². The molecule has 0 amide bonds. The topological polar surface area (TPSA) is 97.8 Å². The highest BCUT2D eigenvalue weighted by Gasteiger charge is 2.06. The molecule has 0 aliphatic rings. The van der Waals surface area contributed by atoms with Gasteiger partial charge in [-0.1, -0.05) is 0 Å². The lowest BCUT2D eigenvalue weighted by Crippen LogP contribution is -2.14. The number of ether oxygens (including phenoxy) is 2. The van der Waals surface area contributed by atoms with Gasteiger partial charge in [-0.15, -0.1) is 0 Å². The molecule has 0 atom stereocenters. The number of nitrogens with zero attached hydrogens (tertiary/aromatic N) is 1. The molecule has 0 bridgehead atoms. The molecule has 1 rings (SSSR count). The highest BCUT2D eigenvalue weighted by atomic mass is 16.5. The van der Waals surface area contributed by atoms with Gasteiger partial charge in [-0.2, -0.15) is 0 Å². The van der Waals surface area contributed by atoms with Gasteiger partial charge in [-0.25, -0.2) is 14.6 Å². The van der Waals surface area contributed by atoms with Gasteiger partial charge in [0.25, 0.3) is 0 Å². The summed E-state index contributed by atoms with van der Waals surface area (Å²) in [5.74, 6) is -1.52. The van der Waals surface area contributed by atoms with E-state index < -0.39 is 11.9 Å². The minimum Gasteiger partial charge on any atom is -0.480 e. The number of carbonyl (C=O) groups is 2. The zero-order chi connectivity index (χ0) is 13.4. The fourth-order valence-corrected chi connectivity index (χ4v) is 1.18. The molecule has 0 saturated carbocycles. The quantitative estimate of drug-likeness (QED) is 0.536. The Labute approximate surface area is 104 Å². The van der Waals surface area contributed by atoms with Gasteiger partial charge < -0.3 is 19.9 Å². The number of nitrogens with one attached hydrogen (secondary N) is 1. The molecule has 1 aromatic heterocycles. The van der Waals surface area contributed by atoms with E-state index in [4.69, 9.17) is 9.84 Å². The zero-order valence-electron chi connectivity index (χ0n) is 9.88. The average Bonchev–Trinajstić information content (AvgIpc) is 2.37. The number of aliphatic carboxylic acids is 1. The number of anilines is 1. The van der Waals surface area contributed by atoms with Gasteiger partial charge in [0.2, 0.25) is 0 Å². The van der Waals surface area contributed by atoms with Crippen molar-refractivity contribution < 1.29 is 24.2 Å². The Morgan fingerprint density at radius 2 is 2.28 bits per heavy atom. The summed E-state index contributed by atoms with van der Waals surface area (Å²) in [6, 6.07) is 3.23. The standard InChI is InChI=1S/C11H14N2O5/c1-17-11(16)9-6-8(2-3-13-9)12-4-5-18-7-10(14)15/h2-3,6H,4-5,7H2,1H3,(H,12,13)(H,14,15). The Morgan fingerprint density at radius 1 is 1.50 bits per heavy atom. The van der Waals surface area contributed by atoms with Crippen LogP contribution in [0, 0.1) is 0 Å². The number of esters is 1. The predicted molar refractivity (Wildman–Crippen MR) is 62.5 cm³/mol. The molecule has 1 aromatic rings. The molecular formula is C11H14N2O5. The number of carboxylic acid groups (broad SMARTS) is 1. The van der Waals surface area contributed by atoms with Crippen molar-refractivity contribution in [1.29, 1.82) is 0 Å². The zero-order valence-corrected chi connectivity index (χ0v) is 9.88. The number of rotatable bonds is 7. The number of pyridine rings is 1. The molecule has 0 aliphatic heterocycles. The third-order valence-corrected chi connectivity index (χ3v) is 1.96. The first kappa shape index (κ1) is 13.9. The molecule has 0 saturated heterocycles. The third-order valence-electron chi connectivity index (χ3n) is 1.96. The van der Waals surface area contributed by atoms with E-state index in [1.54, 1.807) is 12.1 Å². The first-order valence-electron chi connectivity index (χ1n) is 5.21.